The number of aryl methyl sites for hydroxylation is 2. The third kappa shape index (κ3) is 2.76. The smallest absolute Gasteiger partial charge is 0.178 e. The van der Waals surface area contributed by atoms with Crippen LogP contribution in [-0.4, -0.2) is 35.1 Å². The third-order valence-corrected chi connectivity index (χ3v) is 3.24. The van der Waals surface area contributed by atoms with Gasteiger partial charge in [0.25, 0.3) is 0 Å². The highest BCUT2D eigenvalue weighted by atomic mass is 32.1. The van der Waals surface area contributed by atoms with Gasteiger partial charge in [0.05, 0.1) is 11.0 Å². The van der Waals surface area contributed by atoms with E-state index in [0.717, 1.165) is 29.8 Å². The van der Waals surface area contributed by atoms with Crippen LogP contribution >= 0.6 is 12.2 Å². The van der Waals surface area contributed by atoms with Gasteiger partial charge in [-0.25, -0.2) is 0 Å². The molecule has 1 aromatic heterocycles. The number of hydrogen-bond donors (Lipinski definition) is 1. The summed E-state index contributed by atoms with van der Waals surface area (Å²) in [7, 11) is 4.19. The van der Waals surface area contributed by atoms with E-state index in [1.54, 1.807) is 0 Å². The Hall–Kier alpha value is -1.13. The topological polar surface area (TPSA) is 24.0 Å². The average Bonchev–Trinajstić information content (AvgIpc) is 2.54. The molecule has 0 radical (unpaired) electrons. The second-order valence-electron chi connectivity index (χ2n) is 4.76. The van der Waals surface area contributed by atoms with Gasteiger partial charge in [-0.3, -0.25) is 0 Å². The minimum absolute atomic E-state index is 0.823. The van der Waals surface area contributed by atoms with E-state index >= 15 is 0 Å². The maximum absolute atomic E-state index is 5.37. The van der Waals surface area contributed by atoms with Crippen molar-refractivity contribution in [1.82, 2.24) is 14.5 Å². The number of nitrogens with one attached hydrogen (secondary N) is 1. The summed E-state index contributed by atoms with van der Waals surface area (Å²) in [6.07, 6.45) is 1.11. The van der Waals surface area contributed by atoms with Gasteiger partial charge < -0.3 is 14.5 Å². The maximum Gasteiger partial charge on any atom is 0.178 e. The molecule has 0 aliphatic carbocycles. The maximum atomic E-state index is 5.37. The van der Waals surface area contributed by atoms with E-state index in [0.29, 0.717) is 0 Å². The van der Waals surface area contributed by atoms with E-state index in [1.165, 1.54) is 11.1 Å². The molecule has 0 unspecified atom stereocenters. The molecule has 92 valence electrons. The van der Waals surface area contributed by atoms with Crippen LogP contribution < -0.4 is 0 Å². The SMILES string of the molecule is Cc1ccc2c(c1)[nH]c(=S)n2CCCN(C)C. The predicted molar refractivity (Wildman–Crippen MR) is 75.0 cm³/mol. The number of aromatic amines is 1. The molecular weight excluding hydrogens is 230 g/mol. The Balaban J connectivity index is 2.27. The fourth-order valence-electron chi connectivity index (χ4n) is 2.04. The van der Waals surface area contributed by atoms with Crippen molar-refractivity contribution in [2.75, 3.05) is 20.6 Å². The highest BCUT2D eigenvalue weighted by molar-refractivity contribution is 7.71. The fraction of sp³-hybridized carbons (Fsp3) is 0.462. The molecule has 2 rings (SSSR count). The Labute approximate surface area is 107 Å². The largest absolute Gasteiger partial charge is 0.331 e. The van der Waals surface area contributed by atoms with Gasteiger partial charge in [-0.05, 0) is 63.9 Å². The highest BCUT2D eigenvalue weighted by Gasteiger charge is 2.04. The number of rotatable bonds is 4. The number of fused-ring (bicyclic) bond motifs is 1. The molecule has 0 amide bonds. The molecule has 1 heterocycles. The quantitative estimate of drug-likeness (QED) is 0.842. The minimum Gasteiger partial charge on any atom is -0.331 e. The van der Waals surface area contributed by atoms with E-state index < -0.39 is 0 Å². The molecular formula is C13H19N3S. The van der Waals surface area contributed by atoms with Crippen molar-refractivity contribution >= 4 is 23.3 Å². The third-order valence-electron chi connectivity index (χ3n) is 2.92. The van der Waals surface area contributed by atoms with Gasteiger partial charge in [-0.1, -0.05) is 6.07 Å². The van der Waals surface area contributed by atoms with Crippen molar-refractivity contribution in [1.29, 1.82) is 0 Å². The van der Waals surface area contributed by atoms with E-state index in [2.05, 4.69) is 53.7 Å². The van der Waals surface area contributed by atoms with E-state index in [1.807, 2.05) is 0 Å². The highest BCUT2D eigenvalue weighted by Crippen LogP contribution is 2.16. The number of nitrogens with zero attached hydrogens (tertiary/aromatic N) is 2. The predicted octanol–water partition coefficient (Wildman–Crippen LogP) is 2.96. The van der Waals surface area contributed by atoms with Crippen molar-refractivity contribution in [3.63, 3.8) is 0 Å². The van der Waals surface area contributed by atoms with Crippen molar-refractivity contribution in [3.8, 4) is 0 Å². The zero-order valence-electron chi connectivity index (χ0n) is 10.7. The molecule has 0 saturated carbocycles. The van der Waals surface area contributed by atoms with Crippen LogP contribution in [-0.2, 0) is 6.54 Å². The van der Waals surface area contributed by atoms with Gasteiger partial charge in [-0.2, -0.15) is 0 Å². The molecule has 3 nitrogen and oxygen atoms in total. The lowest BCUT2D eigenvalue weighted by molar-refractivity contribution is 0.387. The lowest BCUT2D eigenvalue weighted by Gasteiger charge is -2.10. The summed E-state index contributed by atoms with van der Waals surface area (Å²) in [5.41, 5.74) is 3.61. The van der Waals surface area contributed by atoms with E-state index in [9.17, 15) is 0 Å². The molecule has 0 fully saturated rings. The Morgan fingerprint density at radius 2 is 2.12 bits per heavy atom. The molecule has 1 aromatic carbocycles. The molecule has 1 N–H and O–H groups in total. The molecule has 0 saturated heterocycles. The number of benzene rings is 1. The molecule has 0 aliphatic rings. The first-order valence-corrected chi connectivity index (χ1v) is 6.32. The molecule has 0 aliphatic heterocycles. The van der Waals surface area contributed by atoms with Crippen LogP contribution in [0.3, 0.4) is 0 Å². The van der Waals surface area contributed by atoms with Gasteiger partial charge in [-0.15, -0.1) is 0 Å². The Morgan fingerprint density at radius 1 is 1.35 bits per heavy atom. The zero-order valence-corrected chi connectivity index (χ0v) is 11.5. The summed E-state index contributed by atoms with van der Waals surface area (Å²) in [6, 6.07) is 6.42. The summed E-state index contributed by atoms with van der Waals surface area (Å²) in [5, 5.41) is 0. The second-order valence-corrected chi connectivity index (χ2v) is 5.15. The van der Waals surface area contributed by atoms with Gasteiger partial charge in [0.15, 0.2) is 4.77 Å². The van der Waals surface area contributed by atoms with Gasteiger partial charge >= 0.3 is 0 Å². The Kier molecular flexibility index (Phi) is 3.64. The Morgan fingerprint density at radius 3 is 2.82 bits per heavy atom. The van der Waals surface area contributed by atoms with Crippen LogP contribution in [0, 0.1) is 11.7 Å². The minimum atomic E-state index is 0.823. The molecule has 0 atom stereocenters. The molecule has 0 spiro atoms. The summed E-state index contributed by atoms with van der Waals surface area (Å²) in [4.78, 5) is 5.47. The van der Waals surface area contributed by atoms with Crippen molar-refractivity contribution in [2.24, 2.45) is 0 Å². The second kappa shape index (κ2) is 5.02. The van der Waals surface area contributed by atoms with Crippen molar-refractivity contribution < 1.29 is 0 Å². The summed E-state index contributed by atoms with van der Waals surface area (Å²) in [5.74, 6) is 0. The van der Waals surface area contributed by atoms with Crippen LogP contribution in [0.1, 0.15) is 12.0 Å². The lowest BCUT2D eigenvalue weighted by atomic mass is 10.2. The van der Waals surface area contributed by atoms with Gasteiger partial charge in [0, 0.05) is 6.54 Å². The van der Waals surface area contributed by atoms with Crippen LogP contribution in [0.4, 0.5) is 0 Å². The van der Waals surface area contributed by atoms with Gasteiger partial charge in [0.1, 0.15) is 0 Å². The standard InChI is InChI=1S/C13H19N3S/c1-10-5-6-12-11(9-10)14-13(17)16(12)8-4-7-15(2)3/h5-6,9H,4,7-8H2,1-3H3,(H,14,17). The first-order valence-electron chi connectivity index (χ1n) is 5.92. The normalized spacial score (nSPS) is 11.5. The molecule has 2 aromatic rings. The van der Waals surface area contributed by atoms with E-state index in [4.69, 9.17) is 12.2 Å². The number of aromatic nitrogens is 2. The molecule has 4 heteroatoms. The lowest BCUT2D eigenvalue weighted by Crippen LogP contribution is -2.15. The Bertz CT molecular complexity index is 566. The van der Waals surface area contributed by atoms with Crippen LogP contribution in [0.25, 0.3) is 11.0 Å². The number of H-pyrrole nitrogens is 1. The van der Waals surface area contributed by atoms with Crippen LogP contribution in [0.5, 0.6) is 0 Å². The number of hydrogen-bond acceptors (Lipinski definition) is 2. The molecule has 0 bridgehead atoms. The first-order chi connectivity index (χ1) is 8.08. The van der Waals surface area contributed by atoms with Crippen LogP contribution in [0.15, 0.2) is 18.2 Å². The summed E-state index contributed by atoms with van der Waals surface area (Å²) in [6.45, 7) is 4.15. The van der Waals surface area contributed by atoms with E-state index in [-0.39, 0.29) is 0 Å². The zero-order chi connectivity index (χ0) is 12.4. The fourth-order valence-corrected chi connectivity index (χ4v) is 2.34. The number of imidazole rings is 1. The average molecular weight is 249 g/mol. The molecule has 17 heavy (non-hydrogen) atoms. The summed E-state index contributed by atoms with van der Waals surface area (Å²) < 4.78 is 3.01. The van der Waals surface area contributed by atoms with Crippen molar-refractivity contribution in [2.45, 2.75) is 19.9 Å². The first kappa shape index (κ1) is 12.3. The monoisotopic (exact) mass is 249 g/mol. The van der Waals surface area contributed by atoms with Crippen molar-refractivity contribution in [3.05, 3.63) is 28.5 Å². The van der Waals surface area contributed by atoms with Gasteiger partial charge in [0.2, 0.25) is 0 Å². The summed E-state index contributed by atoms with van der Waals surface area (Å²) >= 11 is 5.37. The van der Waals surface area contributed by atoms with Crippen LogP contribution in [0.2, 0.25) is 0 Å².